The highest BCUT2D eigenvalue weighted by atomic mass is 32.1. The van der Waals surface area contributed by atoms with E-state index in [1.165, 1.54) is 17.5 Å². The number of hydrogen-bond donors (Lipinski definition) is 1. The molecule has 13 heteroatoms. The van der Waals surface area contributed by atoms with Gasteiger partial charge in [-0.1, -0.05) is 6.42 Å². The number of alkyl halides is 3. The van der Waals surface area contributed by atoms with E-state index in [-0.39, 0.29) is 24.3 Å². The first-order chi connectivity index (χ1) is 21.0. The van der Waals surface area contributed by atoms with Crippen LogP contribution in [0.1, 0.15) is 64.1 Å². The highest BCUT2D eigenvalue weighted by Crippen LogP contribution is 2.37. The molecule has 2 fully saturated rings. The minimum absolute atomic E-state index is 0.0263. The van der Waals surface area contributed by atoms with Crippen LogP contribution in [0.25, 0.3) is 11.3 Å². The van der Waals surface area contributed by atoms with E-state index in [0.717, 1.165) is 42.8 Å². The molecule has 2 aliphatic rings. The summed E-state index contributed by atoms with van der Waals surface area (Å²) in [5.41, 5.74) is 0.877. The van der Waals surface area contributed by atoms with Crippen molar-refractivity contribution in [2.24, 2.45) is 0 Å². The predicted molar refractivity (Wildman–Crippen MR) is 162 cm³/mol. The number of thiazole rings is 1. The van der Waals surface area contributed by atoms with Crippen LogP contribution in [0.5, 0.6) is 0 Å². The summed E-state index contributed by atoms with van der Waals surface area (Å²) in [7, 11) is 0. The molecule has 236 valence electrons. The summed E-state index contributed by atoms with van der Waals surface area (Å²) in [6, 6.07) is 4.35. The van der Waals surface area contributed by atoms with E-state index in [2.05, 4.69) is 31.6 Å². The highest BCUT2D eigenvalue weighted by Gasteiger charge is 2.32. The number of aryl methyl sites for hydroxylation is 1. The Labute approximate surface area is 258 Å². The number of rotatable bonds is 10. The molecule has 9 nitrogen and oxygen atoms in total. The molecule has 1 aromatic carbocycles. The maximum absolute atomic E-state index is 13.7. The molecule has 0 aliphatic carbocycles. The van der Waals surface area contributed by atoms with Crippen LogP contribution in [-0.4, -0.2) is 86.9 Å². The van der Waals surface area contributed by atoms with Crippen LogP contribution in [0, 0.1) is 6.92 Å². The van der Waals surface area contributed by atoms with Crippen molar-refractivity contribution in [2.45, 2.75) is 64.7 Å². The number of piperazine rings is 1. The van der Waals surface area contributed by atoms with Crippen molar-refractivity contribution in [1.82, 2.24) is 24.8 Å². The smallest absolute Gasteiger partial charge is 0.416 e. The predicted octanol–water partition coefficient (Wildman–Crippen LogP) is 5.32. The molecular weight excluding hydrogens is 593 g/mol. The maximum Gasteiger partial charge on any atom is 0.416 e. The zero-order valence-electron chi connectivity index (χ0n) is 24.9. The van der Waals surface area contributed by atoms with E-state index in [4.69, 9.17) is 10.1 Å². The molecule has 3 aromatic rings. The molecule has 4 heterocycles. The lowest BCUT2D eigenvalue weighted by molar-refractivity contribution is -0.138. The first-order valence-corrected chi connectivity index (χ1v) is 15.7. The van der Waals surface area contributed by atoms with Gasteiger partial charge in [-0.15, -0.1) is 11.3 Å². The SMILES string of the molecule is Cc1cc(-c2nc(CC(=O)c3cnc(N4CCN(CCC(=O)O)CC4)cn3)sc2CN2CCCC[C@H]2C)cc(C(F)(F)F)c1. The topological polar surface area (TPSA) is 103 Å². The summed E-state index contributed by atoms with van der Waals surface area (Å²) in [6.45, 7) is 8.58. The molecule has 5 rings (SSSR count). The average Bonchev–Trinajstić information content (AvgIpc) is 3.38. The summed E-state index contributed by atoms with van der Waals surface area (Å²) < 4.78 is 41.0. The van der Waals surface area contributed by atoms with Crippen LogP contribution >= 0.6 is 11.3 Å². The molecule has 0 amide bonds. The molecule has 0 spiro atoms. The van der Waals surface area contributed by atoms with Gasteiger partial charge in [-0.2, -0.15) is 13.2 Å². The van der Waals surface area contributed by atoms with Gasteiger partial charge in [0.05, 0.1) is 36.5 Å². The lowest BCUT2D eigenvalue weighted by Crippen LogP contribution is -2.47. The lowest BCUT2D eigenvalue weighted by atomic mass is 10.0. The second-order valence-electron chi connectivity index (χ2n) is 11.6. The van der Waals surface area contributed by atoms with Crippen molar-refractivity contribution < 1.29 is 27.9 Å². The Bertz CT molecular complexity index is 1470. The number of piperidine rings is 1. The first-order valence-electron chi connectivity index (χ1n) is 14.9. The zero-order chi connectivity index (χ0) is 31.4. The first kappa shape index (κ1) is 32.0. The Hall–Kier alpha value is -3.42. The van der Waals surface area contributed by atoms with Gasteiger partial charge < -0.3 is 10.0 Å². The summed E-state index contributed by atoms with van der Waals surface area (Å²) in [5, 5.41) is 9.43. The summed E-state index contributed by atoms with van der Waals surface area (Å²) in [5.74, 6) is -0.430. The van der Waals surface area contributed by atoms with Crippen molar-refractivity contribution in [3.05, 3.63) is 57.3 Å². The molecule has 1 N–H and O–H groups in total. The number of likely N-dealkylation sites (tertiary alicyclic amines) is 1. The fraction of sp³-hybridized carbons (Fsp3) is 0.516. The Morgan fingerprint density at radius 2 is 1.82 bits per heavy atom. The molecule has 0 radical (unpaired) electrons. The highest BCUT2D eigenvalue weighted by molar-refractivity contribution is 7.12. The zero-order valence-corrected chi connectivity index (χ0v) is 25.8. The van der Waals surface area contributed by atoms with Crippen molar-refractivity contribution in [3.63, 3.8) is 0 Å². The monoisotopic (exact) mass is 630 g/mol. The number of Topliss-reactive ketones (excluding diaryl/α,β-unsaturated/α-hetero) is 1. The van der Waals surface area contributed by atoms with Gasteiger partial charge in [0, 0.05) is 55.8 Å². The molecule has 0 unspecified atom stereocenters. The molecule has 2 saturated heterocycles. The summed E-state index contributed by atoms with van der Waals surface area (Å²) >= 11 is 1.37. The maximum atomic E-state index is 13.7. The van der Waals surface area contributed by atoms with Crippen LogP contribution in [0.15, 0.2) is 30.6 Å². The minimum Gasteiger partial charge on any atom is -0.481 e. The second-order valence-corrected chi connectivity index (χ2v) is 12.8. The number of carboxylic acids is 1. The molecule has 44 heavy (non-hydrogen) atoms. The number of benzene rings is 1. The Morgan fingerprint density at radius 1 is 1.05 bits per heavy atom. The van der Waals surface area contributed by atoms with Gasteiger partial charge in [0.25, 0.3) is 0 Å². The third-order valence-corrected chi connectivity index (χ3v) is 9.32. The molecule has 0 saturated carbocycles. The van der Waals surface area contributed by atoms with Crippen molar-refractivity contribution in [3.8, 4) is 11.3 Å². The average molecular weight is 631 g/mol. The second kappa shape index (κ2) is 13.7. The number of hydrogen-bond acceptors (Lipinski definition) is 9. The quantitative estimate of drug-likeness (QED) is 0.298. The van der Waals surface area contributed by atoms with Crippen molar-refractivity contribution in [2.75, 3.05) is 44.2 Å². The lowest BCUT2D eigenvalue weighted by Gasteiger charge is -2.34. The number of carbonyl (C=O) groups excluding carboxylic acids is 1. The number of ketones is 1. The number of carbonyl (C=O) groups is 2. The molecule has 2 aliphatic heterocycles. The largest absolute Gasteiger partial charge is 0.481 e. The molecular formula is C31H37F3N6O3S. The van der Waals surface area contributed by atoms with Crippen molar-refractivity contribution in [1.29, 1.82) is 0 Å². The van der Waals surface area contributed by atoms with Crippen LogP contribution in [0.2, 0.25) is 0 Å². The number of nitrogens with zero attached hydrogens (tertiary/aromatic N) is 6. The van der Waals surface area contributed by atoms with Gasteiger partial charge in [-0.05, 0) is 57.0 Å². The third kappa shape index (κ3) is 7.99. The fourth-order valence-corrected chi connectivity index (χ4v) is 6.90. The van der Waals surface area contributed by atoms with E-state index in [9.17, 15) is 22.8 Å². The summed E-state index contributed by atoms with van der Waals surface area (Å²) in [6.07, 6.45) is 1.92. The van der Waals surface area contributed by atoms with Crippen LogP contribution < -0.4 is 4.90 Å². The van der Waals surface area contributed by atoms with Crippen LogP contribution in [-0.2, 0) is 23.9 Å². The molecule has 2 aromatic heterocycles. The third-order valence-electron chi connectivity index (χ3n) is 8.28. The standard InChI is InChI=1S/C31H37F3N6O3S/c1-20-13-22(15-23(14-20)31(32,33)34)30-26(19-40-7-4-3-5-21(40)2)44-28(37-30)16-25(41)24-17-36-27(18-35-24)39-11-9-38(10-12-39)8-6-29(42)43/h13-15,17-18,21H,3-12,16,19H2,1-2H3,(H,42,43)/t21-/m1/s1. The Balaban J connectivity index is 1.32. The fourth-order valence-electron chi connectivity index (χ4n) is 5.78. The van der Waals surface area contributed by atoms with Gasteiger partial charge in [0.1, 0.15) is 16.5 Å². The van der Waals surface area contributed by atoms with E-state index >= 15 is 0 Å². The van der Waals surface area contributed by atoms with Crippen LogP contribution in [0.3, 0.4) is 0 Å². The minimum atomic E-state index is -4.48. The van der Waals surface area contributed by atoms with E-state index < -0.39 is 17.7 Å². The van der Waals surface area contributed by atoms with E-state index in [0.29, 0.717) is 73.0 Å². The number of anilines is 1. The van der Waals surface area contributed by atoms with Crippen LogP contribution in [0.4, 0.5) is 19.0 Å². The van der Waals surface area contributed by atoms with E-state index in [1.54, 1.807) is 19.2 Å². The number of aromatic nitrogens is 3. The van der Waals surface area contributed by atoms with E-state index in [1.807, 2.05) is 0 Å². The summed E-state index contributed by atoms with van der Waals surface area (Å²) in [4.78, 5) is 45.0. The molecule has 1 atom stereocenters. The van der Waals surface area contributed by atoms with Gasteiger partial charge in [-0.3, -0.25) is 19.4 Å². The number of halogens is 3. The number of aliphatic carboxylic acids is 1. The Kier molecular flexibility index (Phi) is 9.96. The molecule has 0 bridgehead atoms. The van der Waals surface area contributed by atoms with Gasteiger partial charge >= 0.3 is 12.1 Å². The van der Waals surface area contributed by atoms with Gasteiger partial charge in [0.2, 0.25) is 0 Å². The number of carboxylic acid groups (broad SMARTS) is 1. The normalized spacial score (nSPS) is 18.5. The van der Waals surface area contributed by atoms with Gasteiger partial charge in [0.15, 0.2) is 5.78 Å². The Morgan fingerprint density at radius 3 is 2.48 bits per heavy atom. The van der Waals surface area contributed by atoms with Crippen molar-refractivity contribution >= 4 is 28.9 Å². The van der Waals surface area contributed by atoms with Gasteiger partial charge in [-0.25, -0.2) is 15.0 Å².